The molecule has 14 heavy (non-hydrogen) atoms. The summed E-state index contributed by atoms with van der Waals surface area (Å²) in [5.41, 5.74) is 0.121. The second-order valence-corrected chi connectivity index (χ2v) is 3.28. The van der Waals surface area contributed by atoms with Gasteiger partial charge >= 0.3 is 0 Å². The van der Waals surface area contributed by atoms with E-state index in [-0.39, 0.29) is 17.3 Å². The highest BCUT2D eigenvalue weighted by molar-refractivity contribution is 5.98. The van der Waals surface area contributed by atoms with Crippen LogP contribution in [0.15, 0.2) is 18.5 Å². The summed E-state index contributed by atoms with van der Waals surface area (Å²) in [5, 5.41) is 0. The van der Waals surface area contributed by atoms with Crippen molar-refractivity contribution in [2.45, 2.75) is 6.42 Å². The molecule has 1 aromatic rings. The summed E-state index contributed by atoms with van der Waals surface area (Å²) in [6.45, 7) is 0.990. The van der Waals surface area contributed by atoms with Crippen LogP contribution < -0.4 is 0 Å². The van der Waals surface area contributed by atoms with E-state index in [2.05, 4.69) is 4.98 Å². The van der Waals surface area contributed by atoms with Gasteiger partial charge in [-0.3, -0.25) is 9.78 Å². The van der Waals surface area contributed by atoms with Gasteiger partial charge in [0.25, 0.3) is 0 Å². The molecule has 1 aliphatic heterocycles. The van der Waals surface area contributed by atoms with Gasteiger partial charge in [0, 0.05) is 18.7 Å². The molecule has 1 atom stereocenters. The number of aromatic nitrogens is 1. The van der Waals surface area contributed by atoms with E-state index in [0.717, 1.165) is 6.20 Å². The minimum absolute atomic E-state index is 0.121. The Labute approximate surface area is 80.9 Å². The van der Waals surface area contributed by atoms with Gasteiger partial charge in [0.15, 0.2) is 11.6 Å². The van der Waals surface area contributed by atoms with Crippen molar-refractivity contribution in [2.75, 3.05) is 13.2 Å². The molecule has 0 aliphatic carbocycles. The largest absolute Gasteiger partial charge is 0.381 e. The lowest BCUT2D eigenvalue weighted by atomic mass is 9.98. The number of Topliss-reactive ketones (excluding diaryl/α,β-unsaturated/α-hetero) is 1. The molecule has 2 rings (SSSR count). The molecule has 0 radical (unpaired) electrons. The summed E-state index contributed by atoms with van der Waals surface area (Å²) in [4.78, 5) is 15.3. The maximum Gasteiger partial charge on any atom is 0.171 e. The summed E-state index contributed by atoms with van der Waals surface area (Å²) < 4.78 is 18.2. The minimum atomic E-state index is -0.551. The molecule has 1 fully saturated rings. The summed E-state index contributed by atoms with van der Waals surface area (Å²) >= 11 is 0. The normalized spacial score (nSPS) is 21.1. The molecule has 0 saturated carbocycles. The second kappa shape index (κ2) is 3.84. The van der Waals surface area contributed by atoms with Crippen LogP contribution in [0.4, 0.5) is 4.39 Å². The van der Waals surface area contributed by atoms with Gasteiger partial charge in [0.2, 0.25) is 0 Å². The third kappa shape index (κ3) is 1.65. The van der Waals surface area contributed by atoms with Crippen LogP contribution >= 0.6 is 0 Å². The molecule has 3 nitrogen and oxygen atoms in total. The monoisotopic (exact) mass is 195 g/mol. The third-order valence-corrected chi connectivity index (χ3v) is 2.34. The molecule has 0 amide bonds. The van der Waals surface area contributed by atoms with Crippen molar-refractivity contribution in [1.82, 2.24) is 4.98 Å². The number of pyridine rings is 1. The van der Waals surface area contributed by atoms with Crippen LogP contribution in [0.2, 0.25) is 0 Å². The van der Waals surface area contributed by atoms with Gasteiger partial charge in [0.05, 0.1) is 18.4 Å². The molecule has 0 spiro atoms. The Morgan fingerprint density at radius 3 is 3.14 bits per heavy atom. The van der Waals surface area contributed by atoms with Gasteiger partial charge in [-0.1, -0.05) is 0 Å². The molecule has 1 unspecified atom stereocenters. The van der Waals surface area contributed by atoms with Crippen molar-refractivity contribution in [2.24, 2.45) is 5.92 Å². The Balaban J connectivity index is 2.22. The van der Waals surface area contributed by atoms with Crippen molar-refractivity contribution in [3.8, 4) is 0 Å². The molecule has 1 aromatic heterocycles. The molecule has 74 valence electrons. The number of hydrogen-bond donors (Lipinski definition) is 0. The molecule has 1 aliphatic rings. The summed E-state index contributed by atoms with van der Waals surface area (Å²) in [6.07, 6.45) is 3.16. The highest BCUT2D eigenvalue weighted by Gasteiger charge is 2.26. The number of rotatable bonds is 2. The zero-order valence-electron chi connectivity index (χ0n) is 7.57. The highest BCUT2D eigenvalue weighted by Crippen LogP contribution is 2.19. The predicted molar refractivity (Wildman–Crippen MR) is 47.5 cm³/mol. The van der Waals surface area contributed by atoms with Crippen molar-refractivity contribution in [1.29, 1.82) is 0 Å². The van der Waals surface area contributed by atoms with Crippen LogP contribution in [0.3, 0.4) is 0 Å². The van der Waals surface area contributed by atoms with Gasteiger partial charge < -0.3 is 4.74 Å². The zero-order valence-corrected chi connectivity index (χ0v) is 7.57. The van der Waals surface area contributed by atoms with Crippen LogP contribution in [0, 0.1) is 11.7 Å². The molecular formula is C10H10FNO2. The van der Waals surface area contributed by atoms with Crippen molar-refractivity contribution in [3.05, 3.63) is 29.8 Å². The summed E-state index contributed by atoms with van der Waals surface area (Å²) in [6, 6.07) is 1.41. The number of hydrogen-bond acceptors (Lipinski definition) is 3. The fourth-order valence-electron chi connectivity index (χ4n) is 1.54. The maximum atomic E-state index is 13.2. The standard InChI is InChI=1S/C10H10FNO2/c11-9-5-12-3-1-8(9)10(13)7-2-4-14-6-7/h1,3,5,7H,2,4,6H2. The Morgan fingerprint density at radius 1 is 1.64 bits per heavy atom. The van der Waals surface area contributed by atoms with Crippen molar-refractivity contribution >= 4 is 5.78 Å². The molecule has 0 aromatic carbocycles. The average molecular weight is 195 g/mol. The first kappa shape index (κ1) is 9.27. The topological polar surface area (TPSA) is 39.2 Å². The van der Waals surface area contributed by atoms with Crippen LogP contribution in [0.5, 0.6) is 0 Å². The number of halogens is 1. The summed E-state index contributed by atoms with van der Waals surface area (Å²) in [7, 11) is 0. The number of nitrogens with zero attached hydrogens (tertiary/aromatic N) is 1. The minimum Gasteiger partial charge on any atom is -0.381 e. The number of ether oxygens (including phenoxy) is 1. The Kier molecular flexibility index (Phi) is 2.54. The third-order valence-electron chi connectivity index (χ3n) is 2.34. The van der Waals surface area contributed by atoms with Gasteiger partial charge in [-0.05, 0) is 12.5 Å². The van der Waals surface area contributed by atoms with E-state index < -0.39 is 5.82 Å². The number of ketones is 1. The molecule has 2 heterocycles. The first-order valence-corrected chi connectivity index (χ1v) is 4.50. The van der Waals surface area contributed by atoms with E-state index in [1.54, 1.807) is 0 Å². The SMILES string of the molecule is O=C(c1ccncc1F)C1CCOC1. The molecular weight excluding hydrogens is 185 g/mol. The van der Waals surface area contributed by atoms with Crippen LogP contribution in [-0.4, -0.2) is 24.0 Å². The zero-order chi connectivity index (χ0) is 9.97. The average Bonchev–Trinajstić information content (AvgIpc) is 2.70. The number of carbonyl (C=O) groups excluding carboxylic acids is 1. The van der Waals surface area contributed by atoms with Crippen LogP contribution in [-0.2, 0) is 4.74 Å². The Bertz CT molecular complexity index is 348. The Morgan fingerprint density at radius 2 is 2.50 bits per heavy atom. The fourth-order valence-corrected chi connectivity index (χ4v) is 1.54. The van der Waals surface area contributed by atoms with E-state index in [0.29, 0.717) is 19.6 Å². The van der Waals surface area contributed by atoms with E-state index in [9.17, 15) is 9.18 Å². The molecule has 4 heteroatoms. The van der Waals surface area contributed by atoms with Crippen LogP contribution in [0.25, 0.3) is 0 Å². The Hall–Kier alpha value is -1.29. The van der Waals surface area contributed by atoms with Gasteiger partial charge in [-0.15, -0.1) is 0 Å². The maximum absolute atomic E-state index is 13.2. The fraction of sp³-hybridized carbons (Fsp3) is 0.400. The van der Waals surface area contributed by atoms with Crippen LogP contribution in [0.1, 0.15) is 16.8 Å². The molecule has 1 saturated heterocycles. The predicted octanol–water partition coefficient (Wildman–Crippen LogP) is 1.44. The summed E-state index contributed by atoms with van der Waals surface area (Å²) in [5.74, 6) is -0.918. The van der Waals surface area contributed by atoms with E-state index in [1.807, 2.05) is 0 Å². The number of carbonyl (C=O) groups is 1. The van der Waals surface area contributed by atoms with Gasteiger partial charge in [0.1, 0.15) is 0 Å². The van der Waals surface area contributed by atoms with Crippen molar-refractivity contribution in [3.63, 3.8) is 0 Å². The van der Waals surface area contributed by atoms with E-state index in [1.165, 1.54) is 12.3 Å². The van der Waals surface area contributed by atoms with E-state index in [4.69, 9.17) is 4.74 Å². The van der Waals surface area contributed by atoms with Gasteiger partial charge in [-0.25, -0.2) is 4.39 Å². The lowest BCUT2D eigenvalue weighted by Crippen LogP contribution is -2.16. The lowest BCUT2D eigenvalue weighted by molar-refractivity contribution is 0.0896. The quantitative estimate of drug-likeness (QED) is 0.670. The van der Waals surface area contributed by atoms with Gasteiger partial charge in [-0.2, -0.15) is 0 Å². The first-order chi connectivity index (χ1) is 6.79. The molecule has 0 bridgehead atoms. The lowest BCUT2D eigenvalue weighted by Gasteiger charge is -2.06. The van der Waals surface area contributed by atoms with E-state index >= 15 is 0 Å². The first-order valence-electron chi connectivity index (χ1n) is 4.50. The van der Waals surface area contributed by atoms with Crippen molar-refractivity contribution < 1.29 is 13.9 Å². The molecule has 0 N–H and O–H groups in total. The highest BCUT2D eigenvalue weighted by atomic mass is 19.1. The second-order valence-electron chi connectivity index (χ2n) is 3.28. The smallest absolute Gasteiger partial charge is 0.171 e.